The van der Waals surface area contributed by atoms with Crippen molar-refractivity contribution in [3.05, 3.63) is 65.2 Å². The van der Waals surface area contributed by atoms with Gasteiger partial charge in [-0.25, -0.2) is 0 Å². The molecule has 0 bridgehead atoms. The lowest BCUT2D eigenvalue weighted by Crippen LogP contribution is -2.45. The van der Waals surface area contributed by atoms with Gasteiger partial charge in [0.15, 0.2) is 0 Å². The Morgan fingerprint density at radius 1 is 1.00 bits per heavy atom. The molecule has 1 fully saturated rings. The third-order valence-electron chi connectivity index (χ3n) is 5.76. The highest BCUT2D eigenvalue weighted by molar-refractivity contribution is 6.02. The Balaban J connectivity index is 1.64. The second-order valence-corrected chi connectivity index (χ2v) is 8.02. The number of benzene rings is 2. The van der Waals surface area contributed by atoms with E-state index in [1.807, 2.05) is 0 Å². The number of aliphatic imine (C=N–C) groups is 1. The monoisotopic (exact) mass is 363 g/mol. The first-order chi connectivity index (χ1) is 13.2. The molecule has 4 nitrogen and oxygen atoms in total. The normalized spacial score (nSPS) is 19.9. The van der Waals surface area contributed by atoms with E-state index in [9.17, 15) is 0 Å². The molecule has 1 saturated heterocycles. The lowest BCUT2D eigenvalue weighted by atomic mass is 9.71. The van der Waals surface area contributed by atoms with Crippen molar-refractivity contribution in [3.63, 3.8) is 0 Å². The molecule has 0 saturated carbocycles. The van der Waals surface area contributed by atoms with E-state index in [1.54, 1.807) is 0 Å². The van der Waals surface area contributed by atoms with Gasteiger partial charge in [0.05, 0.1) is 6.54 Å². The molecular weight excluding hydrogens is 334 g/mol. The minimum atomic E-state index is 0.0864. The van der Waals surface area contributed by atoms with Crippen molar-refractivity contribution in [2.75, 3.05) is 32.6 Å². The van der Waals surface area contributed by atoms with Gasteiger partial charge in [0.2, 0.25) is 0 Å². The summed E-state index contributed by atoms with van der Waals surface area (Å²) in [5.41, 5.74) is 5.34. The van der Waals surface area contributed by atoms with Crippen LogP contribution in [0.2, 0.25) is 0 Å². The molecule has 0 unspecified atom stereocenters. The maximum Gasteiger partial charge on any atom is 0.108 e. The zero-order valence-electron chi connectivity index (χ0n) is 16.4. The van der Waals surface area contributed by atoms with E-state index < -0.39 is 0 Å². The second kappa shape index (κ2) is 7.83. The number of hydrogen-bond donors (Lipinski definition) is 1. The van der Waals surface area contributed by atoms with Crippen molar-refractivity contribution < 1.29 is 4.74 Å². The predicted octanol–water partition coefficient (Wildman–Crippen LogP) is 4.11. The third-order valence-corrected chi connectivity index (χ3v) is 5.76. The number of para-hydroxylation sites is 1. The highest BCUT2D eigenvalue weighted by atomic mass is 16.5. The summed E-state index contributed by atoms with van der Waals surface area (Å²) in [6.45, 7) is 3.30. The standard InChI is InChI=1S/C23H29N3O/c1-26(2)17-20-9-4-3-8-19(20)16-24-22-23(11-13-27-14-12-23)15-18-7-5-6-10-21(18)25-22/h3-10H,11-17H2,1-2H3,(H,24,25). The van der Waals surface area contributed by atoms with E-state index in [1.165, 1.54) is 22.4 Å². The molecule has 0 atom stereocenters. The Morgan fingerprint density at radius 2 is 1.70 bits per heavy atom. The van der Waals surface area contributed by atoms with Gasteiger partial charge in [-0.3, -0.25) is 4.99 Å². The molecule has 0 radical (unpaired) electrons. The van der Waals surface area contributed by atoms with Gasteiger partial charge in [-0.1, -0.05) is 42.5 Å². The summed E-state index contributed by atoms with van der Waals surface area (Å²) >= 11 is 0. The van der Waals surface area contributed by atoms with Gasteiger partial charge >= 0.3 is 0 Å². The van der Waals surface area contributed by atoms with Crippen LogP contribution in [0, 0.1) is 5.41 Å². The number of anilines is 1. The van der Waals surface area contributed by atoms with Crippen LogP contribution in [0.15, 0.2) is 53.5 Å². The number of hydrogen-bond acceptors (Lipinski definition) is 3. The van der Waals surface area contributed by atoms with Crippen LogP contribution in [-0.2, 0) is 24.2 Å². The molecule has 0 amide bonds. The molecule has 2 aromatic carbocycles. The molecule has 142 valence electrons. The zero-order valence-corrected chi connectivity index (χ0v) is 16.4. The summed E-state index contributed by atoms with van der Waals surface area (Å²) in [5, 5.41) is 3.67. The van der Waals surface area contributed by atoms with E-state index in [4.69, 9.17) is 9.73 Å². The van der Waals surface area contributed by atoms with Crippen molar-refractivity contribution in [1.29, 1.82) is 0 Å². The maximum absolute atomic E-state index is 5.67. The molecule has 4 heteroatoms. The minimum Gasteiger partial charge on any atom is -0.381 e. The van der Waals surface area contributed by atoms with Gasteiger partial charge in [-0.2, -0.15) is 0 Å². The Hall–Kier alpha value is -2.17. The molecule has 27 heavy (non-hydrogen) atoms. The number of fused-ring (bicyclic) bond motifs is 1. The molecule has 0 aliphatic carbocycles. The fourth-order valence-corrected chi connectivity index (χ4v) is 4.26. The fourth-order valence-electron chi connectivity index (χ4n) is 4.26. The van der Waals surface area contributed by atoms with Crippen LogP contribution in [0.1, 0.15) is 29.5 Å². The number of nitrogens with one attached hydrogen (secondary N) is 1. The van der Waals surface area contributed by atoms with Crippen LogP contribution in [0.3, 0.4) is 0 Å². The van der Waals surface area contributed by atoms with Gasteiger partial charge in [-0.15, -0.1) is 0 Å². The topological polar surface area (TPSA) is 36.9 Å². The highest BCUT2D eigenvalue weighted by Crippen LogP contribution is 2.41. The van der Waals surface area contributed by atoms with E-state index in [2.05, 4.69) is 72.8 Å². The lowest BCUT2D eigenvalue weighted by molar-refractivity contribution is 0.0448. The van der Waals surface area contributed by atoms with Crippen LogP contribution in [-0.4, -0.2) is 38.0 Å². The van der Waals surface area contributed by atoms with E-state index in [0.29, 0.717) is 0 Å². The SMILES string of the molecule is CN(C)Cc1ccccc1CN=C1Nc2ccccc2CC12CCOCC2. The summed E-state index contributed by atoms with van der Waals surface area (Å²) in [6.07, 6.45) is 3.12. The first kappa shape index (κ1) is 18.2. The summed E-state index contributed by atoms with van der Waals surface area (Å²) in [4.78, 5) is 7.34. The quantitative estimate of drug-likeness (QED) is 0.888. The van der Waals surface area contributed by atoms with Crippen LogP contribution < -0.4 is 5.32 Å². The Kier molecular flexibility index (Phi) is 5.28. The number of rotatable bonds is 4. The largest absolute Gasteiger partial charge is 0.381 e. The first-order valence-electron chi connectivity index (χ1n) is 9.85. The molecule has 2 heterocycles. The number of amidine groups is 1. The predicted molar refractivity (Wildman–Crippen MR) is 111 cm³/mol. The molecule has 1 N–H and O–H groups in total. The second-order valence-electron chi connectivity index (χ2n) is 8.02. The Labute approximate surface area is 162 Å². The van der Waals surface area contributed by atoms with Gasteiger partial charge in [0.1, 0.15) is 5.84 Å². The molecule has 1 spiro atoms. The fraction of sp³-hybridized carbons (Fsp3) is 0.435. The van der Waals surface area contributed by atoms with Gasteiger partial charge in [-0.05, 0) is 56.1 Å². The van der Waals surface area contributed by atoms with Crippen molar-refractivity contribution in [2.24, 2.45) is 10.4 Å². The van der Waals surface area contributed by atoms with Gasteiger partial charge < -0.3 is 15.0 Å². The minimum absolute atomic E-state index is 0.0864. The average molecular weight is 364 g/mol. The summed E-state index contributed by atoms with van der Waals surface area (Å²) < 4.78 is 5.67. The molecule has 4 rings (SSSR count). The number of ether oxygens (including phenoxy) is 1. The van der Waals surface area contributed by atoms with Crippen molar-refractivity contribution >= 4 is 11.5 Å². The highest BCUT2D eigenvalue weighted by Gasteiger charge is 2.41. The summed E-state index contributed by atoms with van der Waals surface area (Å²) in [6, 6.07) is 17.3. The van der Waals surface area contributed by atoms with Gasteiger partial charge in [0.25, 0.3) is 0 Å². The molecule has 0 aromatic heterocycles. The van der Waals surface area contributed by atoms with Crippen molar-refractivity contribution in [2.45, 2.75) is 32.4 Å². The summed E-state index contributed by atoms with van der Waals surface area (Å²) in [5.74, 6) is 1.14. The molecule has 2 aliphatic rings. The van der Waals surface area contributed by atoms with E-state index in [-0.39, 0.29) is 5.41 Å². The van der Waals surface area contributed by atoms with Gasteiger partial charge in [0, 0.05) is 30.9 Å². The Morgan fingerprint density at radius 3 is 2.48 bits per heavy atom. The first-order valence-corrected chi connectivity index (χ1v) is 9.85. The van der Waals surface area contributed by atoms with Crippen LogP contribution in [0.4, 0.5) is 5.69 Å². The van der Waals surface area contributed by atoms with E-state index >= 15 is 0 Å². The lowest BCUT2D eigenvalue weighted by Gasteiger charge is -2.42. The van der Waals surface area contributed by atoms with Crippen molar-refractivity contribution in [1.82, 2.24) is 4.90 Å². The molecule has 2 aliphatic heterocycles. The smallest absolute Gasteiger partial charge is 0.108 e. The molecular formula is C23H29N3O. The van der Waals surface area contributed by atoms with Crippen molar-refractivity contribution in [3.8, 4) is 0 Å². The summed E-state index contributed by atoms with van der Waals surface area (Å²) in [7, 11) is 4.22. The van der Waals surface area contributed by atoms with Crippen LogP contribution in [0.25, 0.3) is 0 Å². The maximum atomic E-state index is 5.67. The van der Waals surface area contributed by atoms with Crippen LogP contribution >= 0.6 is 0 Å². The molecule has 2 aromatic rings. The van der Waals surface area contributed by atoms with Crippen LogP contribution in [0.5, 0.6) is 0 Å². The average Bonchev–Trinajstić information content (AvgIpc) is 2.67. The Bertz CT molecular complexity index is 822. The zero-order chi connectivity index (χ0) is 18.7. The third kappa shape index (κ3) is 3.92. The number of nitrogens with zero attached hydrogens (tertiary/aromatic N) is 2. The van der Waals surface area contributed by atoms with E-state index in [0.717, 1.165) is 51.4 Å².